The molecule has 2 saturated heterocycles. The highest BCUT2D eigenvalue weighted by Gasteiger charge is 2.42. The van der Waals surface area contributed by atoms with Crippen molar-refractivity contribution in [1.82, 2.24) is 10.6 Å². The van der Waals surface area contributed by atoms with Crippen LogP contribution < -0.4 is 10.6 Å². The lowest BCUT2D eigenvalue weighted by Crippen LogP contribution is -2.50. The van der Waals surface area contributed by atoms with Gasteiger partial charge in [-0.05, 0) is 38.8 Å². The third-order valence-corrected chi connectivity index (χ3v) is 6.28. The van der Waals surface area contributed by atoms with Gasteiger partial charge in [0.15, 0.2) is 11.4 Å². The fourth-order valence-electron chi connectivity index (χ4n) is 3.39. The maximum absolute atomic E-state index is 12.7. The van der Waals surface area contributed by atoms with E-state index in [-0.39, 0.29) is 12.8 Å². The highest BCUT2D eigenvalue weighted by Crippen LogP contribution is 2.24. The van der Waals surface area contributed by atoms with E-state index in [0.29, 0.717) is 25.9 Å². The predicted octanol–water partition coefficient (Wildman–Crippen LogP) is -0.0402. The van der Waals surface area contributed by atoms with Crippen LogP contribution in [0.2, 0.25) is 0 Å². The summed E-state index contributed by atoms with van der Waals surface area (Å²) in [6.07, 6.45) is 5.65. The van der Waals surface area contributed by atoms with Crippen molar-refractivity contribution in [2.45, 2.75) is 37.1 Å². The molecule has 2 heterocycles. The van der Waals surface area contributed by atoms with Gasteiger partial charge in [0.2, 0.25) is 11.6 Å². The van der Waals surface area contributed by atoms with Gasteiger partial charge in [0.05, 0.1) is 25.7 Å². The molecule has 0 aliphatic carbocycles. The van der Waals surface area contributed by atoms with Crippen molar-refractivity contribution in [3.05, 3.63) is 24.7 Å². The van der Waals surface area contributed by atoms with Crippen molar-refractivity contribution in [3.8, 4) is 0 Å². The molecular weight excluding hydrogens is 490 g/mol. The number of halogens is 2. The molecule has 0 unspecified atom stereocenters. The number of carbonyl (C=O) groups is 2. The van der Waals surface area contributed by atoms with Crippen LogP contribution in [0.5, 0.6) is 0 Å². The summed E-state index contributed by atoms with van der Waals surface area (Å²) in [5.41, 5.74) is -2.99. The van der Waals surface area contributed by atoms with Crippen molar-refractivity contribution in [3.63, 3.8) is 0 Å². The zero-order chi connectivity index (χ0) is 24.6. The molecule has 2 aliphatic heterocycles. The number of carbonyl (C=O) groups excluding carboxylic acids is 2. The molecule has 2 rings (SSSR count). The van der Waals surface area contributed by atoms with E-state index in [4.69, 9.17) is 14.2 Å². The molecule has 11 nitrogen and oxygen atoms in total. The van der Waals surface area contributed by atoms with Gasteiger partial charge >= 0.3 is 20.4 Å². The largest absolute Gasteiger partial charge is 0.472 e. The molecule has 2 N–H and O–H groups in total. The Bertz CT molecular complexity index is 891. The minimum Gasteiger partial charge on any atom is -0.472 e. The Hall–Kier alpha value is -1.78. The average molecular weight is 517 g/mol. The standard InChI is InChI=1S/C18H26F2N2O9S2/c19-32(25,26)13-11-30-17(5-1-7-21-17)15(23)3-9-29-10-4-16(24)18(6-2-8-22-18)31-12-14-33(20,27)28/h3-4,9-10,21-22H,1-2,5-8,11-14H2/t17-,18-/m1/s1. The lowest BCUT2D eigenvalue weighted by molar-refractivity contribution is -0.141. The van der Waals surface area contributed by atoms with Crippen molar-refractivity contribution in [2.24, 2.45) is 0 Å². The highest BCUT2D eigenvalue weighted by molar-refractivity contribution is 7.86. The zero-order valence-corrected chi connectivity index (χ0v) is 19.3. The summed E-state index contributed by atoms with van der Waals surface area (Å²) in [5, 5.41) is 5.65. The van der Waals surface area contributed by atoms with E-state index in [0.717, 1.165) is 24.7 Å². The molecule has 0 aromatic carbocycles. The number of nitrogens with one attached hydrogen (secondary N) is 2. The lowest BCUT2D eigenvalue weighted by Gasteiger charge is -2.26. The first-order chi connectivity index (χ1) is 15.4. The average Bonchev–Trinajstić information content (AvgIpc) is 3.36. The fourth-order valence-corrected chi connectivity index (χ4v) is 3.95. The van der Waals surface area contributed by atoms with Gasteiger partial charge in [-0.25, -0.2) is 0 Å². The van der Waals surface area contributed by atoms with Gasteiger partial charge in [-0.15, -0.1) is 7.77 Å². The van der Waals surface area contributed by atoms with Crippen molar-refractivity contribution in [2.75, 3.05) is 37.8 Å². The Balaban J connectivity index is 1.89. The van der Waals surface area contributed by atoms with Crippen molar-refractivity contribution >= 4 is 32.0 Å². The molecular formula is C18H26F2N2O9S2. The van der Waals surface area contributed by atoms with Crippen molar-refractivity contribution in [1.29, 1.82) is 0 Å². The van der Waals surface area contributed by atoms with Crippen LogP contribution in [-0.2, 0) is 44.2 Å². The monoisotopic (exact) mass is 516 g/mol. The van der Waals surface area contributed by atoms with Crippen LogP contribution in [-0.4, -0.2) is 77.7 Å². The van der Waals surface area contributed by atoms with E-state index in [1.165, 1.54) is 0 Å². The lowest BCUT2D eigenvalue weighted by atomic mass is 10.1. The Morgan fingerprint density at radius 1 is 0.788 bits per heavy atom. The van der Waals surface area contributed by atoms with Crippen LogP contribution in [0.15, 0.2) is 24.7 Å². The predicted molar refractivity (Wildman–Crippen MR) is 111 cm³/mol. The van der Waals surface area contributed by atoms with Crippen LogP contribution in [0.25, 0.3) is 0 Å². The van der Waals surface area contributed by atoms with Crippen molar-refractivity contribution < 1.29 is 48.4 Å². The highest BCUT2D eigenvalue weighted by atomic mass is 32.3. The van der Waals surface area contributed by atoms with E-state index in [1.807, 2.05) is 0 Å². The molecule has 0 aromatic rings. The zero-order valence-electron chi connectivity index (χ0n) is 17.6. The number of rotatable bonds is 14. The summed E-state index contributed by atoms with van der Waals surface area (Å²) < 4.78 is 83.5. The number of ether oxygens (including phenoxy) is 3. The van der Waals surface area contributed by atoms with E-state index >= 15 is 0 Å². The first kappa shape index (κ1) is 27.5. The van der Waals surface area contributed by atoms with Crippen LogP contribution in [0.3, 0.4) is 0 Å². The van der Waals surface area contributed by atoms with Crippen LogP contribution in [0.4, 0.5) is 7.77 Å². The number of hydrogen-bond acceptors (Lipinski definition) is 11. The Labute approximate surface area is 190 Å². The molecule has 0 spiro atoms. The van der Waals surface area contributed by atoms with E-state index in [1.54, 1.807) is 0 Å². The second kappa shape index (κ2) is 11.6. The third kappa shape index (κ3) is 8.83. The quantitative estimate of drug-likeness (QED) is 0.182. The van der Waals surface area contributed by atoms with Gasteiger partial charge in [-0.1, -0.05) is 0 Å². The second-order valence-electron chi connectivity index (χ2n) is 7.37. The van der Waals surface area contributed by atoms with Gasteiger partial charge in [-0.3, -0.25) is 20.2 Å². The first-order valence-corrected chi connectivity index (χ1v) is 13.2. The molecule has 188 valence electrons. The second-order valence-corrected chi connectivity index (χ2v) is 10.3. The Morgan fingerprint density at radius 3 is 1.48 bits per heavy atom. The first-order valence-electron chi connectivity index (χ1n) is 10.1. The molecule has 2 fully saturated rings. The molecule has 33 heavy (non-hydrogen) atoms. The van der Waals surface area contributed by atoms with Gasteiger partial charge < -0.3 is 14.2 Å². The Kier molecular flexibility index (Phi) is 9.63. The topological polar surface area (TPSA) is 154 Å². The smallest absolute Gasteiger partial charge is 0.304 e. The normalized spacial score (nSPS) is 26.4. The number of hydrogen-bond donors (Lipinski definition) is 2. The molecule has 0 bridgehead atoms. The molecule has 0 amide bonds. The van der Waals surface area contributed by atoms with Gasteiger partial charge in [0.25, 0.3) is 0 Å². The van der Waals surface area contributed by atoms with Crippen LogP contribution in [0.1, 0.15) is 25.7 Å². The van der Waals surface area contributed by atoms with E-state index < -0.39 is 68.2 Å². The van der Waals surface area contributed by atoms with Crippen LogP contribution in [0, 0.1) is 0 Å². The maximum Gasteiger partial charge on any atom is 0.304 e. The summed E-state index contributed by atoms with van der Waals surface area (Å²) in [6.45, 7) is -0.148. The molecule has 0 aromatic heterocycles. The van der Waals surface area contributed by atoms with E-state index in [9.17, 15) is 34.2 Å². The van der Waals surface area contributed by atoms with Gasteiger partial charge in [-0.2, -0.15) is 16.8 Å². The molecule has 0 saturated carbocycles. The fraction of sp³-hybridized carbons (Fsp3) is 0.667. The summed E-state index contributed by atoms with van der Waals surface area (Å²) >= 11 is 0. The minimum absolute atomic E-state index is 0.247. The minimum atomic E-state index is -4.74. The molecule has 15 heteroatoms. The van der Waals surface area contributed by atoms with Gasteiger partial charge in [0.1, 0.15) is 11.5 Å². The molecule has 0 radical (unpaired) electrons. The number of ketones is 2. The third-order valence-electron chi connectivity index (χ3n) is 4.98. The van der Waals surface area contributed by atoms with Crippen LogP contribution >= 0.6 is 0 Å². The summed E-state index contributed by atoms with van der Waals surface area (Å²) in [5.74, 6) is -2.94. The summed E-state index contributed by atoms with van der Waals surface area (Å²) in [6, 6.07) is 0. The summed E-state index contributed by atoms with van der Waals surface area (Å²) in [4.78, 5) is 25.0. The maximum atomic E-state index is 12.7. The Morgan fingerprint density at radius 2 is 1.18 bits per heavy atom. The van der Waals surface area contributed by atoms with E-state index in [2.05, 4.69) is 10.6 Å². The summed E-state index contributed by atoms with van der Waals surface area (Å²) in [7, 11) is -9.48. The van der Waals surface area contributed by atoms with Gasteiger partial charge in [0, 0.05) is 12.2 Å². The molecule has 2 atom stereocenters. The molecule has 2 aliphatic rings. The SMILES string of the molecule is O=C(C=COC=CC(=O)[C@]1(OCCS(=O)(=O)F)CCCN1)[C@]1(OCCS(=O)(=O)F)CCCN1.